The van der Waals surface area contributed by atoms with E-state index in [0.29, 0.717) is 0 Å². The summed E-state index contributed by atoms with van der Waals surface area (Å²) in [7, 11) is -2.31. The molecule has 0 amide bonds. The van der Waals surface area contributed by atoms with E-state index in [0.717, 1.165) is 41.8 Å². The molecule has 0 spiro atoms. The Balaban J connectivity index is 0.000000161. The summed E-state index contributed by atoms with van der Waals surface area (Å²) in [5.74, 6) is 0.0547. The molecule has 10 aromatic rings. The van der Waals surface area contributed by atoms with Crippen LogP contribution in [0.5, 0.6) is 5.75 Å². The first-order valence-corrected chi connectivity index (χ1v) is 24.0. The van der Waals surface area contributed by atoms with E-state index in [1.54, 1.807) is 28.7 Å². The monoisotopic (exact) mass is 841 g/mol. The largest absolute Gasteiger partial charge is 2.00 e. The molecule has 0 fully saturated rings. The van der Waals surface area contributed by atoms with Crippen molar-refractivity contribution < 1.29 is 15.1 Å². The first-order chi connectivity index (χ1) is 28.6. The minimum absolute atomic E-state index is 0. The number of benzene rings is 8. The van der Waals surface area contributed by atoms with Gasteiger partial charge in [0.1, 0.15) is 9.40 Å². The van der Waals surface area contributed by atoms with Gasteiger partial charge in [0, 0.05) is 23.3 Å². The van der Waals surface area contributed by atoms with Crippen LogP contribution < -0.4 is 46.2 Å². The second kappa shape index (κ2) is 18.4. The number of nitrogens with one attached hydrogen (secondary N) is 2. The SMILES string of the molecule is [Be+2].[O-]c1ccc([Si](c2ccccc2)c2ccccc2)cc1-c1[nH+]c2ccccc2s1.[S-]c1ccc([Si](c2ccccc2)c2ccccc2)cc1-c1[nH+]c2ccccc2s1. The molecule has 2 radical (unpaired) electrons. The Morgan fingerprint density at radius 3 is 1.17 bits per heavy atom. The minimum Gasteiger partial charge on any atom is -0.872 e. The van der Waals surface area contributed by atoms with Crippen LogP contribution in [-0.2, 0) is 12.6 Å². The topological polar surface area (TPSA) is 51.3 Å². The summed E-state index contributed by atoms with van der Waals surface area (Å²) in [6.45, 7) is 0. The van der Waals surface area contributed by atoms with E-state index < -0.39 is 17.6 Å². The third kappa shape index (κ3) is 8.80. The number of hydrogen-bond acceptors (Lipinski definition) is 4. The second-order valence-corrected chi connectivity index (χ2v) is 21.2. The first-order valence-electron chi connectivity index (χ1n) is 19.0. The summed E-state index contributed by atoms with van der Waals surface area (Å²) in [5, 5.41) is 22.7. The van der Waals surface area contributed by atoms with Crippen molar-refractivity contribution in [3.05, 3.63) is 206 Å². The number of thiazole rings is 2. The van der Waals surface area contributed by atoms with Gasteiger partial charge in [-0.2, -0.15) is 14.9 Å². The Labute approximate surface area is 365 Å². The summed E-state index contributed by atoms with van der Waals surface area (Å²) in [5.41, 5.74) is 4.09. The van der Waals surface area contributed by atoms with Gasteiger partial charge in [-0.05, 0) is 34.6 Å². The van der Waals surface area contributed by atoms with Crippen LogP contribution in [0.2, 0.25) is 0 Å². The van der Waals surface area contributed by atoms with E-state index in [9.17, 15) is 5.11 Å². The Kier molecular flexibility index (Phi) is 12.5. The standard InChI is InChI=1S/C25H18NOSSi.C25H18NS2Si.Be/c2*27-23-16-15-20(17-21(23)25-26-22-13-7-8-14-24(22)28-25)29(18-9-3-1-4-10-18)19-11-5-2-6-12-19;/h2*1-17,27H;/q;;+2. The molecule has 0 saturated heterocycles. The van der Waals surface area contributed by atoms with Crippen molar-refractivity contribution in [1.82, 2.24) is 0 Å². The van der Waals surface area contributed by atoms with E-state index in [1.165, 1.54) is 35.8 Å². The van der Waals surface area contributed by atoms with Gasteiger partial charge < -0.3 is 17.7 Å². The molecule has 0 aliphatic rings. The smallest absolute Gasteiger partial charge is 0.872 e. The van der Waals surface area contributed by atoms with Crippen LogP contribution in [0.25, 0.3) is 41.6 Å². The number of fused-ring (bicyclic) bond motifs is 2. The number of aromatic nitrogens is 2. The van der Waals surface area contributed by atoms with Gasteiger partial charge in [-0.25, -0.2) is 0 Å². The molecule has 10 rings (SSSR count). The number of hydrogen-bond donors (Lipinski definition) is 0. The molecule has 0 saturated carbocycles. The summed E-state index contributed by atoms with van der Waals surface area (Å²) in [6, 6.07) is 71.9. The van der Waals surface area contributed by atoms with Gasteiger partial charge in [0.05, 0.1) is 0 Å². The fraction of sp³-hybridized carbons (Fsp3) is 0. The van der Waals surface area contributed by atoms with Crippen LogP contribution in [0.1, 0.15) is 0 Å². The molecule has 2 aromatic heterocycles. The Morgan fingerprint density at radius 2 is 0.746 bits per heavy atom. The van der Waals surface area contributed by atoms with Crippen LogP contribution in [0, 0.1) is 0 Å². The predicted molar refractivity (Wildman–Crippen MR) is 254 cm³/mol. The maximum atomic E-state index is 12.7. The molecule has 0 aliphatic heterocycles. The average molecular weight is 842 g/mol. The predicted octanol–water partition coefficient (Wildman–Crippen LogP) is 6.40. The fourth-order valence-electron chi connectivity index (χ4n) is 7.22. The zero-order valence-corrected chi connectivity index (χ0v) is 36.4. The summed E-state index contributed by atoms with van der Waals surface area (Å²) >= 11 is 9.11. The summed E-state index contributed by atoms with van der Waals surface area (Å²) in [4.78, 5) is 7.88. The molecule has 2 heterocycles. The zero-order chi connectivity index (χ0) is 39.3. The van der Waals surface area contributed by atoms with E-state index in [1.807, 2.05) is 36.4 Å². The van der Waals surface area contributed by atoms with Gasteiger partial charge in [0.25, 0.3) is 10.0 Å². The molecule has 0 atom stereocenters. The summed E-state index contributed by atoms with van der Waals surface area (Å²) in [6.07, 6.45) is 0. The van der Waals surface area contributed by atoms with Crippen molar-refractivity contribution in [1.29, 1.82) is 0 Å². The quantitative estimate of drug-likeness (QED) is 0.101. The Hall–Kier alpha value is -5.84. The molecule has 0 unspecified atom stereocenters. The molecule has 0 aliphatic carbocycles. The Bertz CT molecular complexity index is 2600. The molecule has 0 bridgehead atoms. The molecule has 8 aromatic carbocycles. The fourth-order valence-corrected chi connectivity index (χ4v) is 14.8. The zero-order valence-electron chi connectivity index (χ0n) is 32.0. The van der Waals surface area contributed by atoms with Crippen molar-refractivity contribution in [2.45, 2.75) is 4.90 Å². The van der Waals surface area contributed by atoms with E-state index in [4.69, 9.17) is 12.6 Å². The maximum Gasteiger partial charge on any atom is 2.00 e. The first kappa shape index (κ1) is 40.0. The maximum absolute atomic E-state index is 12.7. The van der Waals surface area contributed by atoms with Crippen LogP contribution >= 0.6 is 22.7 Å². The molecule has 9 heteroatoms. The van der Waals surface area contributed by atoms with E-state index in [2.05, 4.69) is 174 Å². The minimum atomic E-state index is -1.20. The van der Waals surface area contributed by atoms with Crippen LogP contribution in [-0.4, -0.2) is 27.7 Å². The number of rotatable bonds is 8. The average Bonchev–Trinajstić information content (AvgIpc) is 3.92. The molecule has 3 nitrogen and oxygen atoms in total. The van der Waals surface area contributed by atoms with Gasteiger partial charge in [-0.3, -0.25) is 0 Å². The number of para-hydroxylation sites is 2. The van der Waals surface area contributed by atoms with Crippen molar-refractivity contribution in [2.75, 3.05) is 0 Å². The van der Waals surface area contributed by atoms with Crippen molar-refractivity contribution >= 4 is 115 Å². The van der Waals surface area contributed by atoms with Crippen molar-refractivity contribution in [3.8, 4) is 26.9 Å². The second-order valence-electron chi connectivity index (χ2n) is 13.7. The van der Waals surface area contributed by atoms with Crippen LogP contribution in [0.4, 0.5) is 0 Å². The number of aromatic amines is 2. The van der Waals surface area contributed by atoms with E-state index in [-0.39, 0.29) is 15.9 Å². The molecule has 278 valence electrons. The Morgan fingerprint density at radius 1 is 0.390 bits per heavy atom. The van der Waals surface area contributed by atoms with Crippen LogP contribution in [0.15, 0.2) is 211 Å². The van der Waals surface area contributed by atoms with Crippen LogP contribution in [0.3, 0.4) is 0 Å². The van der Waals surface area contributed by atoms with Gasteiger partial charge in [-0.1, -0.05) is 219 Å². The van der Waals surface area contributed by atoms with Gasteiger partial charge in [-0.15, -0.1) is 0 Å². The van der Waals surface area contributed by atoms with E-state index >= 15 is 0 Å². The van der Waals surface area contributed by atoms with Crippen molar-refractivity contribution in [3.63, 3.8) is 0 Å². The van der Waals surface area contributed by atoms with Gasteiger partial charge >= 0.3 is 10.1 Å². The summed E-state index contributed by atoms with van der Waals surface area (Å²) < 4.78 is 2.41. The molecular weight excluding hydrogens is 806 g/mol. The third-order valence-electron chi connectivity index (χ3n) is 9.97. The third-order valence-corrected chi connectivity index (χ3v) is 17.9. The normalized spacial score (nSPS) is 11.0. The number of H-pyrrole nitrogens is 2. The van der Waals surface area contributed by atoms with Gasteiger partial charge in [0.2, 0.25) is 11.0 Å². The molecule has 59 heavy (non-hydrogen) atoms. The van der Waals surface area contributed by atoms with Crippen molar-refractivity contribution in [2.24, 2.45) is 0 Å². The molecule has 2 N–H and O–H groups in total. The molecular formula is C50H36BeN2OS3Si2+2. The van der Waals surface area contributed by atoms with Gasteiger partial charge in [0.15, 0.2) is 17.6 Å².